The van der Waals surface area contributed by atoms with Crippen LogP contribution in [0, 0.1) is 5.41 Å². The molecule has 0 bridgehead atoms. The fraction of sp³-hybridized carbons (Fsp3) is 0.923. The van der Waals surface area contributed by atoms with Crippen molar-refractivity contribution in [3.05, 3.63) is 0 Å². The van der Waals surface area contributed by atoms with Crippen LogP contribution in [-0.4, -0.2) is 25.2 Å². The van der Waals surface area contributed by atoms with Gasteiger partial charge in [-0.1, -0.05) is 35.6 Å². The maximum absolute atomic E-state index is 10.7. The third kappa shape index (κ3) is 13.6. The van der Waals surface area contributed by atoms with E-state index in [9.17, 15) is 13.2 Å². The number of carbonyl (C=O) groups excluding carboxylic acids is 1. The molecule has 4 heteroatoms. The monoisotopic (exact) mass is 268 g/mol. The summed E-state index contributed by atoms with van der Waals surface area (Å²) in [6, 6.07) is 0. The van der Waals surface area contributed by atoms with Gasteiger partial charge in [0.2, 0.25) is 0 Å². The van der Waals surface area contributed by atoms with Crippen molar-refractivity contribution in [2.75, 3.05) is 6.26 Å². The van der Waals surface area contributed by atoms with Crippen molar-refractivity contribution in [2.45, 2.75) is 68.1 Å². The lowest BCUT2D eigenvalue weighted by atomic mass is 9.92. The Labute approximate surface area is 109 Å². The standard InChI is InChI=1S/C6H12O.C5H12O2S.2CH4/c1-5(7)6(2,3)4;1-5(2,3)8(4,6)7;;/h1-4H3;1-4H3;2*1H4. The van der Waals surface area contributed by atoms with Crippen LogP contribution in [0.15, 0.2) is 0 Å². The van der Waals surface area contributed by atoms with E-state index in [1.807, 2.05) is 20.8 Å². The highest BCUT2D eigenvalue weighted by Gasteiger charge is 2.22. The van der Waals surface area contributed by atoms with Crippen molar-refractivity contribution in [2.24, 2.45) is 5.41 Å². The normalized spacial score (nSPS) is 11.3. The van der Waals surface area contributed by atoms with E-state index < -0.39 is 14.6 Å². The SMILES string of the molecule is C.C.CC(=O)C(C)(C)C.CC(C)(C)S(C)(=O)=O. The second-order valence-electron chi connectivity index (χ2n) is 5.69. The molecule has 0 radical (unpaired) electrons. The maximum Gasteiger partial charge on any atom is 0.152 e. The molecule has 0 aliphatic carbocycles. The summed E-state index contributed by atoms with van der Waals surface area (Å²) in [6.07, 6.45) is 1.24. The quantitative estimate of drug-likeness (QED) is 0.672. The van der Waals surface area contributed by atoms with Crippen LogP contribution in [0.1, 0.15) is 63.3 Å². The molecule has 0 aromatic rings. The van der Waals surface area contributed by atoms with Gasteiger partial charge in [-0.3, -0.25) is 4.79 Å². The van der Waals surface area contributed by atoms with Gasteiger partial charge >= 0.3 is 0 Å². The first kappa shape index (κ1) is 25.5. The molecule has 0 fully saturated rings. The van der Waals surface area contributed by atoms with Crippen LogP contribution in [0.25, 0.3) is 0 Å². The molecule has 17 heavy (non-hydrogen) atoms. The molecule has 0 N–H and O–H groups in total. The van der Waals surface area contributed by atoms with Gasteiger partial charge in [0.25, 0.3) is 0 Å². The molecule has 0 atom stereocenters. The van der Waals surface area contributed by atoms with E-state index in [0.717, 1.165) is 0 Å². The van der Waals surface area contributed by atoms with E-state index in [2.05, 4.69) is 0 Å². The van der Waals surface area contributed by atoms with Crippen LogP contribution < -0.4 is 0 Å². The van der Waals surface area contributed by atoms with Gasteiger partial charge in [0, 0.05) is 11.7 Å². The molecule has 3 nitrogen and oxygen atoms in total. The van der Waals surface area contributed by atoms with Gasteiger partial charge in [0.05, 0.1) is 4.75 Å². The van der Waals surface area contributed by atoms with E-state index in [0.29, 0.717) is 0 Å². The van der Waals surface area contributed by atoms with E-state index in [-0.39, 0.29) is 26.1 Å². The minimum Gasteiger partial charge on any atom is -0.299 e. The van der Waals surface area contributed by atoms with Gasteiger partial charge in [0.15, 0.2) is 9.84 Å². The largest absolute Gasteiger partial charge is 0.299 e. The van der Waals surface area contributed by atoms with Crippen LogP contribution >= 0.6 is 0 Å². The van der Waals surface area contributed by atoms with Crippen LogP contribution in [0.2, 0.25) is 0 Å². The molecule has 0 aliphatic rings. The zero-order valence-corrected chi connectivity index (χ0v) is 11.9. The predicted octanol–water partition coefficient (Wildman–Crippen LogP) is 3.72. The molecule has 0 heterocycles. The minimum absolute atomic E-state index is 0. The third-order valence-electron chi connectivity index (χ3n) is 2.17. The van der Waals surface area contributed by atoms with E-state index >= 15 is 0 Å². The van der Waals surface area contributed by atoms with E-state index in [4.69, 9.17) is 0 Å². The highest BCUT2D eigenvalue weighted by Crippen LogP contribution is 2.12. The van der Waals surface area contributed by atoms with Gasteiger partial charge in [0.1, 0.15) is 5.78 Å². The van der Waals surface area contributed by atoms with Crippen molar-refractivity contribution >= 4 is 15.6 Å². The Balaban J connectivity index is -0.0000000896. The van der Waals surface area contributed by atoms with Gasteiger partial charge < -0.3 is 0 Å². The average Bonchev–Trinajstić information content (AvgIpc) is 1.80. The number of carbonyl (C=O) groups is 1. The minimum atomic E-state index is -2.84. The number of hydrogen-bond acceptors (Lipinski definition) is 3. The summed E-state index contributed by atoms with van der Waals surface area (Å²) in [7, 11) is -2.84. The lowest BCUT2D eigenvalue weighted by Gasteiger charge is -2.14. The maximum atomic E-state index is 10.7. The third-order valence-corrected chi connectivity index (χ3v) is 4.39. The summed E-state index contributed by atoms with van der Waals surface area (Å²) in [4.78, 5) is 10.5. The molecular formula is C13H32O3S. The molecule has 0 unspecified atom stereocenters. The molecule has 0 rings (SSSR count). The summed E-state index contributed by atoms with van der Waals surface area (Å²) in [5, 5.41) is 0. The first-order valence-corrected chi connectivity index (χ1v) is 6.79. The van der Waals surface area contributed by atoms with Crippen LogP contribution in [-0.2, 0) is 14.6 Å². The first-order chi connectivity index (χ1) is 6.19. The lowest BCUT2D eigenvalue weighted by Crippen LogP contribution is -2.26. The number of hydrogen-bond donors (Lipinski definition) is 0. The highest BCUT2D eigenvalue weighted by molar-refractivity contribution is 7.92. The Bertz CT molecular complexity index is 301. The Kier molecular flexibility index (Phi) is 11.8. The smallest absolute Gasteiger partial charge is 0.152 e. The number of sulfone groups is 1. The second-order valence-corrected chi connectivity index (χ2v) is 8.46. The summed E-state index contributed by atoms with van der Waals surface area (Å²) >= 11 is 0. The lowest BCUT2D eigenvalue weighted by molar-refractivity contribution is -0.124. The molecule has 108 valence electrons. The predicted molar refractivity (Wildman–Crippen MR) is 78.2 cm³/mol. The number of rotatable bonds is 0. The van der Waals surface area contributed by atoms with Crippen LogP contribution in [0.3, 0.4) is 0 Å². The topological polar surface area (TPSA) is 51.2 Å². The van der Waals surface area contributed by atoms with Gasteiger partial charge in [-0.2, -0.15) is 0 Å². The molecule has 0 amide bonds. The highest BCUT2D eigenvalue weighted by atomic mass is 32.2. The summed E-state index contributed by atoms with van der Waals surface area (Å²) < 4.78 is 20.7. The number of ketones is 1. The number of Topliss-reactive ketones (excluding diaryl/α,β-unsaturated/α-hetero) is 1. The van der Waals surface area contributed by atoms with E-state index in [1.54, 1.807) is 27.7 Å². The van der Waals surface area contributed by atoms with Crippen molar-refractivity contribution in [1.82, 2.24) is 0 Å². The molecule has 0 saturated heterocycles. The first-order valence-electron chi connectivity index (χ1n) is 4.90. The zero-order chi connectivity index (χ0) is 13.1. The Morgan fingerprint density at radius 2 is 1.00 bits per heavy atom. The second kappa shape index (κ2) is 7.85. The molecule has 0 aromatic heterocycles. The van der Waals surface area contributed by atoms with Crippen molar-refractivity contribution in [3.63, 3.8) is 0 Å². The van der Waals surface area contributed by atoms with Crippen molar-refractivity contribution in [1.29, 1.82) is 0 Å². The molecule has 0 aliphatic heterocycles. The van der Waals surface area contributed by atoms with Crippen molar-refractivity contribution in [3.8, 4) is 0 Å². The van der Waals surface area contributed by atoms with Crippen LogP contribution in [0.5, 0.6) is 0 Å². The van der Waals surface area contributed by atoms with E-state index in [1.165, 1.54) is 6.26 Å². The molecular weight excluding hydrogens is 236 g/mol. The van der Waals surface area contributed by atoms with Gasteiger partial charge in [-0.05, 0) is 27.7 Å². The molecule has 0 aromatic carbocycles. The summed E-state index contributed by atoms with van der Waals surface area (Å²) in [6.45, 7) is 12.4. The Hall–Kier alpha value is -0.380. The van der Waals surface area contributed by atoms with Gasteiger partial charge in [-0.25, -0.2) is 8.42 Å². The molecule has 0 saturated carbocycles. The van der Waals surface area contributed by atoms with Crippen molar-refractivity contribution < 1.29 is 13.2 Å². The van der Waals surface area contributed by atoms with Gasteiger partial charge in [-0.15, -0.1) is 0 Å². The summed E-state index contributed by atoms with van der Waals surface area (Å²) in [5.74, 6) is 0.243. The average molecular weight is 268 g/mol. The fourth-order valence-electron chi connectivity index (χ4n) is 0. The summed E-state index contributed by atoms with van der Waals surface area (Å²) in [5.41, 5.74) is -0.139. The fourth-order valence-corrected chi connectivity index (χ4v) is 0. The molecule has 0 spiro atoms. The Morgan fingerprint density at radius 3 is 1.00 bits per heavy atom. The van der Waals surface area contributed by atoms with Crippen LogP contribution in [0.4, 0.5) is 0 Å². The zero-order valence-electron chi connectivity index (χ0n) is 11.1. The Morgan fingerprint density at radius 1 is 0.882 bits per heavy atom.